The van der Waals surface area contributed by atoms with E-state index in [0.717, 1.165) is 11.1 Å². The number of methoxy groups -OCH3 is 4. The normalized spacial score (nSPS) is 10.9. The molecule has 10 heteroatoms. The molecule has 0 bridgehead atoms. The van der Waals surface area contributed by atoms with Gasteiger partial charge in [0, 0.05) is 5.56 Å². The second-order valence-electron chi connectivity index (χ2n) is 7.51. The SMILES string of the molecule is COc1ccc(/C=N\n2c(-c3cc(OC)c(OC)c(OC)c3)n[nH]c2=S)cc1OCc1ccccc1. The zero-order valence-electron chi connectivity index (χ0n) is 20.3. The van der Waals surface area contributed by atoms with Crippen molar-refractivity contribution in [2.24, 2.45) is 5.10 Å². The fraction of sp³-hybridized carbons (Fsp3) is 0.192. The van der Waals surface area contributed by atoms with Crippen molar-refractivity contribution in [1.82, 2.24) is 14.9 Å². The first kappa shape index (κ1) is 24.8. The summed E-state index contributed by atoms with van der Waals surface area (Å²) in [4.78, 5) is 0. The van der Waals surface area contributed by atoms with E-state index >= 15 is 0 Å². The van der Waals surface area contributed by atoms with Gasteiger partial charge in [-0.25, -0.2) is 5.10 Å². The van der Waals surface area contributed by atoms with E-state index in [1.54, 1.807) is 46.8 Å². The van der Waals surface area contributed by atoms with Crippen LogP contribution in [0.25, 0.3) is 11.4 Å². The molecule has 0 aliphatic carbocycles. The molecule has 0 aliphatic heterocycles. The number of rotatable bonds is 10. The van der Waals surface area contributed by atoms with E-state index in [-0.39, 0.29) is 0 Å². The Morgan fingerprint density at radius 3 is 2.19 bits per heavy atom. The summed E-state index contributed by atoms with van der Waals surface area (Å²) in [6.45, 7) is 0.413. The van der Waals surface area contributed by atoms with E-state index in [2.05, 4.69) is 15.3 Å². The second kappa shape index (κ2) is 11.4. The fourth-order valence-electron chi connectivity index (χ4n) is 3.54. The molecular weight excluding hydrogens is 480 g/mol. The highest BCUT2D eigenvalue weighted by Crippen LogP contribution is 2.40. The van der Waals surface area contributed by atoms with Crippen LogP contribution in [0.2, 0.25) is 0 Å². The second-order valence-corrected chi connectivity index (χ2v) is 7.89. The van der Waals surface area contributed by atoms with Crippen LogP contribution in [-0.4, -0.2) is 49.5 Å². The molecule has 0 atom stereocenters. The Hall–Kier alpha value is -4.31. The first-order chi connectivity index (χ1) is 17.6. The summed E-state index contributed by atoms with van der Waals surface area (Å²) in [5.41, 5.74) is 2.52. The van der Waals surface area contributed by atoms with Gasteiger partial charge in [-0.15, -0.1) is 0 Å². The van der Waals surface area contributed by atoms with E-state index < -0.39 is 0 Å². The molecule has 0 fully saturated rings. The summed E-state index contributed by atoms with van der Waals surface area (Å²) in [6.07, 6.45) is 1.67. The number of hydrogen-bond donors (Lipinski definition) is 1. The number of benzene rings is 3. The van der Waals surface area contributed by atoms with Gasteiger partial charge in [0.1, 0.15) is 6.61 Å². The Balaban J connectivity index is 1.65. The molecule has 0 radical (unpaired) electrons. The highest BCUT2D eigenvalue weighted by atomic mass is 32.1. The lowest BCUT2D eigenvalue weighted by Crippen LogP contribution is -2.00. The average molecular weight is 507 g/mol. The number of aromatic amines is 1. The van der Waals surface area contributed by atoms with Crippen LogP contribution < -0.4 is 23.7 Å². The average Bonchev–Trinajstić information content (AvgIpc) is 3.30. The van der Waals surface area contributed by atoms with Crippen LogP contribution in [0, 0.1) is 4.77 Å². The maximum atomic E-state index is 6.01. The molecule has 0 saturated heterocycles. The van der Waals surface area contributed by atoms with Gasteiger partial charge in [0.15, 0.2) is 28.8 Å². The minimum atomic E-state index is 0.323. The van der Waals surface area contributed by atoms with Crippen molar-refractivity contribution in [3.8, 4) is 40.1 Å². The van der Waals surface area contributed by atoms with Gasteiger partial charge in [-0.05, 0) is 53.7 Å². The molecule has 1 N–H and O–H groups in total. The molecule has 0 aliphatic rings. The van der Waals surface area contributed by atoms with Gasteiger partial charge >= 0.3 is 0 Å². The molecule has 0 spiro atoms. The predicted molar refractivity (Wildman–Crippen MR) is 139 cm³/mol. The number of nitrogens with one attached hydrogen (secondary N) is 1. The van der Waals surface area contributed by atoms with Crippen LogP contribution in [0.15, 0.2) is 65.8 Å². The largest absolute Gasteiger partial charge is 0.493 e. The third-order valence-corrected chi connectivity index (χ3v) is 5.58. The Morgan fingerprint density at radius 2 is 1.56 bits per heavy atom. The van der Waals surface area contributed by atoms with Crippen LogP contribution in [0.1, 0.15) is 11.1 Å². The highest BCUT2D eigenvalue weighted by Gasteiger charge is 2.17. The monoisotopic (exact) mass is 506 g/mol. The maximum absolute atomic E-state index is 6.01. The summed E-state index contributed by atoms with van der Waals surface area (Å²) in [5, 5.41) is 11.7. The number of aromatic nitrogens is 3. The van der Waals surface area contributed by atoms with Crippen LogP contribution in [0.4, 0.5) is 0 Å². The van der Waals surface area contributed by atoms with Crippen molar-refractivity contribution in [3.63, 3.8) is 0 Å². The molecule has 186 valence electrons. The Bertz CT molecular complexity index is 1390. The third kappa shape index (κ3) is 5.33. The minimum Gasteiger partial charge on any atom is -0.493 e. The first-order valence-electron chi connectivity index (χ1n) is 10.9. The minimum absolute atomic E-state index is 0.323. The topological polar surface area (TPSA) is 92.1 Å². The quantitative estimate of drug-likeness (QED) is 0.236. The summed E-state index contributed by atoms with van der Waals surface area (Å²) in [5.74, 6) is 3.17. The lowest BCUT2D eigenvalue weighted by Gasteiger charge is -2.13. The van der Waals surface area contributed by atoms with Gasteiger partial charge in [-0.2, -0.15) is 14.9 Å². The molecule has 4 aromatic rings. The van der Waals surface area contributed by atoms with Crippen LogP contribution in [0.3, 0.4) is 0 Å². The molecule has 0 unspecified atom stereocenters. The lowest BCUT2D eigenvalue weighted by molar-refractivity contribution is 0.284. The van der Waals surface area contributed by atoms with E-state index in [0.29, 0.717) is 51.5 Å². The van der Waals surface area contributed by atoms with Crippen LogP contribution >= 0.6 is 12.2 Å². The number of nitrogens with zero attached hydrogens (tertiary/aromatic N) is 3. The zero-order chi connectivity index (χ0) is 25.5. The van der Waals surface area contributed by atoms with Gasteiger partial charge in [-0.3, -0.25) is 0 Å². The van der Waals surface area contributed by atoms with E-state index in [1.165, 1.54) is 4.68 Å². The third-order valence-electron chi connectivity index (χ3n) is 5.32. The molecule has 3 aromatic carbocycles. The van der Waals surface area contributed by atoms with Crippen molar-refractivity contribution in [2.75, 3.05) is 28.4 Å². The fourth-order valence-corrected chi connectivity index (χ4v) is 3.72. The molecule has 0 amide bonds. The molecule has 1 heterocycles. The Kier molecular flexibility index (Phi) is 7.86. The van der Waals surface area contributed by atoms with Gasteiger partial charge < -0.3 is 23.7 Å². The number of hydrogen-bond acceptors (Lipinski definition) is 8. The lowest BCUT2D eigenvalue weighted by atomic mass is 10.1. The van der Waals surface area contributed by atoms with Crippen molar-refractivity contribution in [1.29, 1.82) is 0 Å². The van der Waals surface area contributed by atoms with Crippen molar-refractivity contribution in [2.45, 2.75) is 6.61 Å². The Labute approximate surface area is 213 Å². The van der Waals surface area contributed by atoms with Gasteiger partial charge in [0.2, 0.25) is 10.5 Å². The first-order valence-corrected chi connectivity index (χ1v) is 11.4. The maximum Gasteiger partial charge on any atom is 0.216 e. The summed E-state index contributed by atoms with van der Waals surface area (Å²) in [7, 11) is 6.26. The molecule has 1 aromatic heterocycles. The van der Waals surface area contributed by atoms with Crippen LogP contribution in [0.5, 0.6) is 28.7 Å². The van der Waals surface area contributed by atoms with E-state index in [9.17, 15) is 0 Å². The standard InChI is InChI=1S/C26H26N4O5S/c1-31-20-11-10-18(12-21(20)35-16-17-8-6-5-7-9-17)15-27-30-25(28-29-26(30)36)19-13-22(32-2)24(34-4)23(14-19)33-3/h5-15H,16H2,1-4H3,(H,29,36)/b27-15-. The summed E-state index contributed by atoms with van der Waals surface area (Å²) >= 11 is 5.42. The van der Waals surface area contributed by atoms with Gasteiger partial charge in [0.05, 0.1) is 34.7 Å². The van der Waals surface area contributed by atoms with E-state index in [1.807, 2.05) is 48.5 Å². The predicted octanol–water partition coefficient (Wildman–Crippen LogP) is 5.10. The van der Waals surface area contributed by atoms with Crippen molar-refractivity contribution >= 4 is 18.4 Å². The molecule has 9 nitrogen and oxygen atoms in total. The Morgan fingerprint density at radius 1 is 0.861 bits per heavy atom. The summed E-state index contributed by atoms with van der Waals surface area (Å²) in [6, 6.07) is 19.0. The number of ether oxygens (including phenoxy) is 5. The molecule has 36 heavy (non-hydrogen) atoms. The van der Waals surface area contributed by atoms with Crippen molar-refractivity contribution < 1.29 is 23.7 Å². The zero-order valence-corrected chi connectivity index (χ0v) is 21.2. The molecule has 4 rings (SSSR count). The smallest absolute Gasteiger partial charge is 0.216 e. The van der Waals surface area contributed by atoms with Gasteiger partial charge in [-0.1, -0.05) is 30.3 Å². The van der Waals surface area contributed by atoms with Crippen molar-refractivity contribution in [3.05, 3.63) is 76.6 Å². The summed E-state index contributed by atoms with van der Waals surface area (Å²) < 4.78 is 29.6. The van der Waals surface area contributed by atoms with Crippen LogP contribution in [-0.2, 0) is 6.61 Å². The highest BCUT2D eigenvalue weighted by molar-refractivity contribution is 7.71. The number of H-pyrrole nitrogens is 1. The molecule has 0 saturated carbocycles. The van der Waals surface area contributed by atoms with E-state index in [4.69, 9.17) is 35.9 Å². The van der Waals surface area contributed by atoms with Gasteiger partial charge in [0.25, 0.3) is 0 Å². The molecular formula is C26H26N4O5S.